The van der Waals surface area contributed by atoms with Crippen LogP contribution in [0.2, 0.25) is 0 Å². The van der Waals surface area contributed by atoms with E-state index in [1.165, 1.54) is 0 Å². The van der Waals surface area contributed by atoms with Crippen molar-refractivity contribution in [3.05, 3.63) is 24.5 Å². The second-order valence-electron chi connectivity index (χ2n) is 5.53. The molecule has 2 amide bonds. The van der Waals surface area contributed by atoms with Crippen molar-refractivity contribution in [1.29, 1.82) is 0 Å². The molecular formula is C15H21N3O3. The molecule has 0 aromatic carbocycles. The Labute approximate surface area is 124 Å². The van der Waals surface area contributed by atoms with Gasteiger partial charge in [-0.05, 0) is 31.4 Å². The highest BCUT2D eigenvalue weighted by Crippen LogP contribution is 2.35. The molecule has 1 fully saturated rings. The molecule has 0 aliphatic carbocycles. The molecule has 0 spiro atoms. The lowest BCUT2D eigenvalue weighted by atomic mass is 9.76. The Morgan fingerprint density at radius 3 is 2.95 bits per heavy atom. The molecule has 1 aromatic heterocycles. The van der Waals surface area contributed by atoms with E-state index in [1.54, 1.807) is 29.4 Å². The number of likely N-dealkylation sites (tertiary alicyclic amines) is 1. The standard InChI is InChI=1S/C15H21N3O3/c1-2-6-15(13(19)20)7-4-9-18(11-15)14(21)17-12-5-3-8-16-10-12/h3,5,8,10H,2,4,6-7,9,11H2,1H3,(H,17,21)(H,19,20). The molecule has 0 bridgehead atoms. The lowest BCUT2D eigenvalue weighted by molar-refractivity contribution is -0.152. The zero-order chi connectivity index (χ0) is 15.3. The third-order valence-corrected chi connectivity index (χ3v) is 3.96. The lowest BCUT2D eigenvalue weighted by Gasteiger charge is -2.39. The number of nitrogens with one attached hydrogen (secondary N) is 1. The Bertz CT molecular complexity index is 502. The second kappa shape index (κ2) is 6.56. The Hall–Kier alpha value is -2.11. The number of hydrogen-bond donors (Lipinski definition) is 2. The summed E-state index contributed by atoms with van der Waals surface area (Å²) < 4.78 is 0. The molecule has 0 radical (unpaired) electrons. The fraction of sp³-hybridized carbons (Fsp3) is 0.533. The van der Waals surface area contributed by atoms with Gasteiger partial charge < -0.3 is 15.3 Å². The topological polar surface area (TPSA) is 82.5 Å². The van der Waals surface area contributed by atoms with Crippen molar-refractivity contribution >= 4 is 17.7 Å². The van der Waals surface area contributed by atoms with Crippen LogP contribution >= 0.6 is 0 Å². The van der Waals surface area contributed by atoms with Crippen molar-refractivity contribution in [2.75, 3.05) is 18.4 Å². The number of hydrogen-bond acceptors (Lipinski definition) is 3. The van der Waals surface area contributed by atoms with Crippen molar-refractivity contribution in [3.63, 3.8) is 0 Å². The Morgan fingerprint density at radius 2 is 2.33 bits per heavy atom. The van der Waals surface area contributed by atoms with Crippen LogP contribution in [0, 0.1) is 5.41 Å². The molecule has 1 atom stereocenters. The van der Waals surface area contributed by atoms with Crippen molar-refractivity contribution in [2.45, 2.75) is 32.6 Å². The van der Waals surface area contributed by atoms with Crippen LogP contribution in [0.3, 0.4) is 0 Å². The molecule has 114 valence electrons. The highest BCUT2D eigenvalue weighted by molar-refractivity contribution is 5.89. The number of anilines is 1. The number of aliphatic carboxylic acids is 1. The van der Waals surface area contributed by atoms with E-state index in [0.29, 0.717) is 31.5 Å². The zero-order valence-electron chi connectivity index (χ0n) is 12.2. The fourth-order valence-corrected chi connectivity index (χ4v) is 2.91. The van der Waals surface area contributed by atoms with Gasteiger partial charge in [-0.3, -0.25) is 9.78 Å². The van der Waals surface area contributed by atoms with Crippen LogP contribution in [-0.2, 0) is 4.79 Å². The third kappa shape index (κ3) is 3.51. The van der Waals surface area contributed by atoms with Gasteiger partial charge in [-0.1, -0.05) is 13.3 Å². The van der Waals surface area contributed by atoms with E-state index in [0.717, 1.165) is 6.42 Å². The molecule has 21 heavy (non-hydrogen) atoms. The van der Waals surface area contributed by atoms with Crippen LogP contribution < -0.4 is 5.32 Å². The third-order valence-electron chi connectivity index (χ3n) is 3.96. The van der Waals surface area contributed by atoms with Gasteiger partial charge in [0.05, 0.1) is 17.3 Å². The average molecular weight is 291 g/mol. The molecular weight excluding hydrogens is 270 g/mol. The Morgan fingerprint density at radius 1 is 1.52 bits per heavy atom. The van der Waals surface area contributed by atoms with Crippen molar-refractivity contribution in [1.82, 2.24) is 9.88 Å². The van der Waals surface area contributed by atoms with Crippen molar-refractivity contribution < 1.29 is 14.7 Å². The molecule has 2 heterocycles. The minimum atomic E-state index is -0.806. The summed E-state index contributed by atoms with van der Waals surface area (Å²) in [4.78, 5) is 29.4. The maximum atomic E-state index is 12.3. The van der Waals surface area contributed by atoms with Crippen LogP contribution in [0.15, 0.2) is 24.5 Å². The molecule has 2 rings (SSSR count). The van der Waals surface area contributed by atoms with Crippen molar-refractivity contribution in [3.8, 4) is 0 Å². The summed E-state index contributed by atoms with van der Waals surface area (Å²) in [6.07, 6.45) is 5.94. The number of amides is 2. The summed E-state index contributed by atoms with van der Waals surface area (Å²) in [7, 11) is 0. The van der Waals surface area contributed by atoms with Crippen LogP contribution in [-0.4, -0.2) is 40.1 Å². The van der Waals surface area contributed by atoms with Crippen molar-refractivity contribution in [2.24, 2.45) is 5.41 Å². The van der Waals surface area contributed by atoms with Gasteiger partial charge in [0, 0.05) is 19.3 Å². The first kappa shape index (κ1) is 15.3. The van der Waals surface area contributed by atoms with Crippen LogP contribution in [0.4, 0.5) is 10.5 Å². The molecule has 1 aliphatic rings. The summed E-state index contributed by atoms with van der Waals surface area (Å²) in [5, 5.41) is 12.3. The van der Waals surface area contributed by atoms with E-state index in [9.17, 15) is 14.7 Å². The number of nitrogens with zero attached hydrogens (tertiary/aromatic N) is 2. The summed E-state index contributed by atoms with van der Waals surface area (Å²) in [5.74, 6) is -0.803. The van der Waals surface area contributed by atoms with Crippen LogP contribution in [0.25, 0.3) is 0 Å². The van der Waals surface area contributed by atoms with E-state index in [-0.39, 0.29) is 12.6 Å². The number of carboxylic acid groups (broad SMARTS) is 1. The number of carbonyl (C=O) groups excluding carboxylic acids is 1. The maximum absolute atomic E-state index is 12.3. The van der Waals surface area contributed by atoms with E-state index in [2.05, 4.69) is 10.3 Å². The van der Waals surface area contributed by atoms with Crippen LogP contribution in [0.1, 0.15) is 32.6 Å². The van der Waals surface area contributed by atoms with Gasteiger partial charge in [-0.25, -0.2) is 4.79 Å². The highest BCUT2D eigenvalue weighted by atomic mass is 16.4. The predicted molar refractivity (Wildman–Crippen MR) is 79.0 cm³/mol. The quantitative estimate of drug-likeness (QED) is 0.893. The van der Waals surface area contributed by atoms with E-state index < -0.39 is 11.4 Å². The number of urea groups is 1. The van der Waals surface area contributed by atoms with E-state index >= 15 is 0 Å². The Balaban J connectivity index is 2.06. The van der Waals surface area contributed by atoms with Gasteiger partial charge in [0.15, 0.2) is 0 Å². The Kier molecular flexibility index (Phi) is 4.77. The minimum absolute atomic E-state index is 0.260. The van der Waals surface area contributed by atoms with Gasteiger partial charge >= 0.3 is 12.0 Å². The molecule has 1 saturated heterocycles. The van der Waals surface area contributed by atoms with E-state index in [4.69, 9.17) is 0 Å². The molecule has 6 heteroatoms. The average Bonchev–Trinajstić information content (AvgIpc) is 2.48. The summed E-state index contributed by atoms with van der Waals surface area (Å²) in [6, 6.07) is 3.24. The highest BCUT2D eigenvalue weighted by Gasteiger charge is 2.42. The molecule has 6 nitrogen and oxygen atoms in total. The van der Waals surface area contributed by atoms with Gasteiger partial charge in [0.2, 0.25) is 0 Å². The van der Waals surface area contributed by atoms with Gasteiger partial charge in [0.25, 0.3) is 0 Å². The minimum Gasteiger partial charge on any atom is -0.481 e. The molecule has 1 aliphatic heterocycles. The summed E-state index contributed by atoms with van der Waals surface area (Å²) in [6.45, 7) is 2.83. The van der Waals surface area contributed by atoms with E-state index in [1.807, 2.05) is 6.92 Å². The van der Waals surface area contributed by atoms with Gasteiger partial charge in [-0.2, -0.15) is 0 Å². The van der Waals surface area contributed by atoms with Crippen LogP contribution in [0.5, 0.6) is 0 Å². The number of carbonyl (C=O) groups is 2. The zero-order valence-corrected chi connectivity index (χ0v) is 12.2. The molecule has 1 unspecified atom stereocenters. The number of rotatable bonds is 4. The monoisotopic (exact) mass is 291 g/mol. The number of pyridine rings is 1. The fourth-order valence-electron chi connectivity index (χ4n) is 2.91. The molecule has 1 aromatic rings. The molecule has 2 N–H and O–H groups in total. The maximum Gasteiger partial charge on any atom is 0.321 e. The largest absolute Gasteiger partial charge is 0.481 e. The number of piperidine rings is 1. The first-order valence-electron chi connectivity index (χ1n) is 7.27. The lowest BCUT2D eigenvalue weighted by Crippen LogP contribution is -2.51. The predicted octanol–water partition coefficient (Wildman–Crippen LogP) is 2.58. The molecule has 0 saturated carbocycles. The first-order chi connectivity index (χ1) is 10.1. The normalized spacial score (nSPS) is 21.9. The number of carboxylic acids is 1. The SMILES string of the molecule is CCCC1(C(=O)O)CCCN(C(=O)Nc2cccnc2)C1. The number of aromatic nitrogens is 1. The smallest absolute Gasteiger partial charge is 0.321 e. The van der Waals surface area contributed by atoms with Gasteiger partial charge in [0.1, 0.15) is 0 Å². The van der Waals surface area contributed by atoms with Gasteiger partial charge in [-0.15, -0.1) is 0 Å². The second-order valence-corrected chi connectivity index (χ2v) is 5.53. The summed E-state index contributed by atoms with van der Waals surface area (Å²) >= 11 is 0. The summed E-state index contributed by atoms with van der Waals surface area (Å²) in [5.41, 5.74) is -0.191. The first-order valence-corrected chi connectivity index (χ1v) is 7.27.